The highest BCUT2D eigenvalue weighted by Crippen LogP contribution is 2.40. The first-order valence-corrected chi connectivity index (χ1v) is 5.32. The summed E-state index contributed by atoms with van der Waals surface area (Å²) >= 11 is 0. The van der Waals surface area contributed by atoms with Gasteiger partial charge in [-0.3, -0.25) is 4.79 Å². The smallest absolute Gasteiger partial charge is 0.152 e. The van der Waals surface area contributed by atoms with E-state index in [2.05, 4.69) is 20.8 Å². The van der Waals surface area contributed by atoms with Gasteiger partial charge in [-0.15, -0.1) is 0 Å². The molecule has 0 heterocycles. The fraction of sp³-hybridized carbons (Fsp3) is 0.615. The normalized spacial score (nSPS) is 21.7. The van der Waals surface area contributed by atoms with Crippen LogP contribution in [-0.2, 0) is 4.79 Å². The molecule has 0 unspecified atom stereocenters. The van der Waals surface area contributed by atoms with Crippen LogP contribution in [0.5, 0.6) is 0 Å². The Bertz CT molecular complexity index is 292. The maximum absolute atomic E-state index is 10.9. The summed E-state index contributed by atoms with van der Waals surface area (Å²) in [5, 5.41) is 0. The van der Waals surface area contributed by atoms with Crippen LogP contribution in [0.15, 0.2) is 23.3 Å². The summed E-state index contributed by atoms with van der Waals surface area (Å²) in [5.41, 5.74) is 3.05. The van der Waals surface area contributed by atoms with E-state index < -0.39 is 0 Å². The van der Waals surface area contributed by atoms with E-state index >= 15 is 0 Å². The lowest BCUT2D eigenvalue weighted by Crippen LogP contribution is -2.19. The molecule has 0 bridgehead atoms. The second-order valence-corrected chi connectivity index (χ2v) is 4.88. The average Bonchev–Trinajstić information content (AvgIpc) is 2.01. The molecule has 0 N–H and O–H groups in total. The molecule has 0 amide bonds. The molecule has 0 radical (unpaired) electrons. The summed E-state index contributed by atoms with van der Waals surface area (Å²) in [7, 11) is 0. The first kappa shape index (κ1) is 11.2. The van der Waals surface area contributed by atoms with Crippen molar-refractivity contribution in [1.82, 2.24) is 0 Å². The van der Waals surface area contributed by atoms with Crippen LogP contribution >= 0.6 is 0 Å². The van der Waals surface area contributed by atoms with Gasteiger partial charge < -0.3 is 0 Å². The quantitative estimate of drug-likeness (QED) is 0.613. The summed E-state index contributed by atoms with van der Waals surface area (Å²) in [6.45, 7) is 8.30. The maximum Gasteiger partial charge on any atom is 0.152 e. The number of allylic oxidation sites excluding steroid dienone is 4. The summed E-state index contributed by atoms with van der Waals surface area (Å²) in [6, 6.07) is 0. The van der Waals surface area contributed by atoms with Gasteiger partial charge in [-0.1, -0.05) is 25.5 Å². The predicted octanol–water partition coefficient (Wildman–Crippen LogP) is 3.66. The molecule has 0 fully saturated rings. The highest BCUT2D eigenvalue weighted by atomic mass is 16.1. The van der Waals surface area contributed by atoms with E-state index in [1.807, 2.05) is 6.08 Å². The van der Waals surface area contributed by atoms with Gasteiger partial charge in [0.15, 0.2) is 5.78 Å². The molecule has 78 valence electrons. The Kier molecular flexibility index (Phi) is 3.30. The van der Waals surface area contributed by atoms with E-state index in [1.54, 1.807) is 13.0 Å². The van der Waals surface area contributed by atoms with Gasteiger partial charge in [0, 0.05) is 0 Å². The van der Waals surface area contributed by atoms with Crippen molar-refractivity contribution in [2.45, 2.75) is 47.0 Å². The Morgan fingerprint density at radius 1 is 1.50 bits per heavy atom. The molecular formula is C13H20O. The molecule has 0 saturated heterocycles. The highest BCUT2D eigenvalue weighted by molar-refractivity contribution is 5.87. The van der Waals surface area contributed by atoms with Crippen LogP contribution in [0.25, 0.3) is 0 Å². The van der Waals surface area contributed by atoms with Crippen molar-refractivity contribution in [3.05, 3.63) is 23.3 Å². The molecule has 1 aliphatic rings. The minimum atomic E-state index is 0.131. The van der Waals surface area contributed by atoms with E-state index in [-0.39, 0.29) is 11.2 Å². The SMILES string of the molecule is CC(=O)/C=[14CH]/C1=C(C)CCCC1(C)C. The predicted molar refractivity (Wildman–Crippen MR) is 60.2 cm³/mol. The molecule has 14 heavy (non-hydrogen) atoms. The summed E-state index contributed by atoms with van der Waals surface area (Å²) < 4.78 is 0. The zero-order valence-corrected chi connectivity index (χ0v) is 9.68. The van der Waals surface area contributed by atoms with E-state index in [1.165, 1.54) is 30.4 Å². The molecule has 1 heteroatoms. The van der Waals surface area contributed by atoms with Crippen LogP contribution in [0.3, 0.4) is 0 Å². The van der Waals surface area contributed by atoms with Crippen LogP contribution in [0.1, 0.15) is 47.0 Å². The fourth-order valence-corrected chi connectivity index (χ4v) is 2.21. The third-order valence-corrected chi connectivity index (χ3v) is 3.03. The second-order valence-electron chi connectivity index (χ2n) is 4.88. The summed E-state index contributed by atoms with van der Waals surface area (Å²) in [6.07, 6.45) is 7.38. The third kappa shape index (κ3) is 2.57. The molecule has 0 aromatic heterocycles. The van der Waals surface area contributed by atoms with E-state index in [0.717, 1.165) is 0 Å². The average molecular weight is 194 g/mol. The van der Waals surface area contributed by atoms with Crippen molar-refractivity contribution in [3.8, 4) is 0 Å². The number of hydrogen-bond donors (Lipinski definition) is 0. The van der Waals surface area contributed by atoms with Crippen LogP contribution in [0.2, 0.25) is 0 Å². The molecule has 0 atom stereocenters. The molecule has 0 spiro atoms. The number of hydrogen-bond acceptors (Lipinski definition) is 1. The minimum Gasteiger partial charge on any atom is -0.295 e. The monoisotopic (exact) mass is 194 g/mol. The van der Waals surface area contributed by atoms with Crippen LogP contribution in [0.4, 0.5) is 0 Å². The third-order valence-electron chi connectivity index (χ3n) is 3.03. The molecule has 0 aliphatic heterocycles. The van der Waals surface area contributed by atoms with Crippen molar-refractivity contribution >= 4 is 5.78 Å². The second kappa shape index (κ2) is 4.12. The van der Waals surface area contributed by atoms with Gasteiger partial charge in [0.25, 0.3) is 0 Å². The van der Waals surface area contributed by atoms with Crippen molar-refractivity contribution in [2.24, 2.45) is 5.41 Å². The molecule has 0 aromatic carbocycles. The van der Waals surface area contributed by atoms with Gasteiger partial charge >= 0.3 is 0 Å². The zero-order valence-electron chi connectivity index (χ0n) is 9.68. The lowest BCUT2D eigenvalue weighted by molar-refractivity contribution is -0.112. The fourth-order valence-electron chi connectivity index (χ4n) is 2.21. The van der Waals surface area contributed by atoms with Gasteiger partial charge in [0.1, 0.15) is 0 Å². The molecular weight excluding hydrogens is 174 g/mol. The minimum absolute atomic E-state index is 0.131. The molecule has 1 aliphatic carbocycles. The van der Waals surface area contributed by atoms with Crippen molar-refractivity contribution in [1.29, 1.82) is 0 Å². The maximum atomic E-state index is 10.9. The van der Waals surface area contributed by atoms with Crippen LogP contribution < -0.4 is 0 Å². The Hall–Kier alpha value is -0.850. The van der Waals surface area contributed by atoms with Gasteiger partial charge in [-0.25, -0.2) is 0 Å². The van der Waals surface area contributed by atoms with E-state index in [0.29, 0.717) is 0 Å². The topological polar surface area (TPSA) is 17.1 Å². The largest absolute Gasteiger partial charge is 0.295 e. The lowest BCUT2D eigenvalue weighted by Gasteiger charge is -2.32. The van der Waals surface area contributed by atoms with E-state index in [9.17, 15) is 4.79 Å². The zero-order chi connectivity index (χ0) is 10.8. The Morgan fingerprint density at radius 3 is 2.64 bits per heavy atom. The number of carbonyl (C=O) groups is 1. The number of carbonyl (C=O) groups excluding carboxylic acids is 1. The highest BCUT2D eigenvalue weighted by Gasteiger charge is 2.26. The molecule has 0 aromatic rings. The standard InChI is InChI=1S/C13H20O/c1-10-6-5-9-13(3,4)12(10)8-7-11(2)14/h7-8H,5-6,9H2,1-4H3/b8-7+/i8+2. The first-order chi connectivity index (χ1) is 6.43. The van der Waals surface area contributed by atoms with Gasteiger partial charge in [-0.2, -0.15) is 0 Å². The summed E-state index contributed by atoms with van der Waals surface area (Å²) in [5.74, 6) is 0.131. The first-order valence-electron chi connectivity index (χ1n) is 5.32. The Balaban J connectivity index is 2.96. The van der Waals surface area contributed by atoms with Crippen LogP contribution in [-0.4, -0.2) is 5.78 Å². The van der Waals surface area contributed by atoms with Gasteiger partial charge in [0.05, 0.1) is 0 Å². The van der Waals surface area contributed by atoms with Crippen LogP contribution in [0, 0.1) is 5.41 Å². The van der Waals surface area contributed by atoms with Crippen molar-refractivity contribution < 1.29 is 4.79 Å². The summed E-state index contributed by atoms with van der Waals surface area (Å²) in [4.78, 5) is 10.9. The molecule has 1 rings (SSSR count). The molecule has 1 nitrogen and oxygen atoms in total. The van der Waals surface area contributed by atoms with Gasteiger partial charge in [-0.05, 0) is 50.2 Å². The number of rotatable bonds is 2. The van der Waals surface area contributed by atoms with Crippen molar-refractivity contribution in [2.75, 3.05) is 0 Å². The number of ketones is 1. The molecule has 0 saturated carbocycles. The van der Waals surface area contributed by atoms with E-state index in [4.69, 9.17) is 0 Å². The Morgan fingerprint density at radius 2 is 2.14 bits per heavy atom. The van der Waals surface area contributed by atoms with Crippen molar-refractivity contribution in [3.63, 3.8) is 0 Å². The Labute approximate surface area is 86.9 Å². The lowest BCUT2D eigenvalue weighted by atomic mass is 9.77. The van der Waals surface area contributed by atoms with Gasteiger partial charge in [0.2, 0.25) is 0 Å².